The van der Waals surface area contributed by atoms with E-state index in [1.54, 1.807) is 47.5 Å². The SMILES string of the molecule is COC(=O)c1ccc(-c2cnc(NCc3c(F)ccc4c3CCO4)n3cncc23)cn1. The maximum Gasteiger partial charge on any atom is 0.356 e. The van der Waals surface area contributed by atoms with Crippen molar-refractivity contribution in [1.29, 1.82) is 0 Å². The van der Waals surface area contributed by atoms with E-state index in [9.17, 15) is 9.18 Å². The Morgan fingerprint density at radius 3 is 2.94 bits per heavy atom. The highest BCUT2D eigenvalue weighted by Crippen LogP contribution is 2.31. The molecule has 0 spiro atoms. The van der Waals surface area contributed by atoms with Gasteiger partial charge in [-0.2, -0.15) is 0 Å². The van der Waals surface area contributed by atoms with E-state index >= 15 is 0 Å². The van der Waals surface area contributed by atoms with E-state index < -0.39 is 5.97 Å². The van der Waals surface area contributed by atoms with Crippen LogP contribution < -0.4 is 10.1 Å². The van der Waals surface area contributed by atoms with Gasteiger partial charge in [0, 0.05) is 47.6 Å². The number of anilines is 1. The number of carbonyl (C=O) groups is 1. The predicted octanol–water partition coefficient (Wildman–Crippen LogP) is 3.26. The van der Waals surface area contributed by atoms with Gasteiger partial charge in [-0.25, -0.2) is 24.1 Å². The summed E-state index contributed by atoms with van der Waals surface area (Å²) in [5.41, 5.74) is 4.07. The van der Waals surface area contributed by atoms with Gasteiger partial charge in [0.2, 0.25) is 5.95 Å². The van der Waals surface area contributed by atoms with Crippen LogP contribution >= 0.6 is 0 Å². The van der Waals surface area contributed by atoms with Crippen LogP contribution in [-0.4, -0.2) is 39.0 Å². The Morgan fingerprint density at radius 2 is 2.13 bits per heavy atom. The Morgan fingerprint density at radius 1 is 1.23 bits per heavy atom. The average molecular weight is 419 g/mol. The van der Waals surface area contributed by atoms with Crippen molar-refractivity contribution in [1.82, 2.24) is 19.4 Å². The summed E-state index contributed by atoms with van der Waals surface area (Å²) < 4.78 is 26.4. The summed E-state index contributed by atoms with van der Waals surface area (Å²) in [6, 6.07) is 6.47. The molecule has 3 aromatic heterocycles. The summed E-state index contributed by atoms with van der Waals surface area (Å²) >= 11 is 0. The summed E-state index contributed by atoms with van der Waals surface area (Å²) in [5, 5.41) is 3.21. The number of ether oxygens (including phenoxy) is 2. The molecule has 0 amide bonds. The number of methoxy groups -OCH3 is 1. The second-order valence-electron chi connectivity index (χ2n) is 7.02. The second-order valence-corrected chi connectivity index (χ2v) is 7.02. The van der Waals surface area contributed by atoms with Gasteiger partial charge in [-0.15, -0.1) is 0 Å². The monoisotopic (exact) mass is 419 g/mol. The summed E-state index contributed by atoms with van der Waals surface area (Å²) in [5.74, 6) is 0.499. The van der Waals surface area contributed by atoms with Gasteiger partial charge in [0.25, 0.3) is 0 Å². The molecule has 1 aliphatic rings. The molecule has 0 unspecified atom stereocenters. The van der Waals surface area contributed by atoms with Crippen LogP contribution in [0.15, 0.2) is 49.2 Å². The fourth-order valence-electron chi connectivity index (χ4n) is 3.72. The van der Waals surface area contributed by atoms with E-state index in [4.69, 9.17) is 4.74 Å². The lowest BCUT2D eigenvalue weighted by atomic mass is 10.0. The van der Waals surface area contributed by atoms with E-state index in [0.717, 1.165) is 28.0 Å². The fourth-order valence-corrected chi connectivity index (χ4v) is 3.72. The first-order valence-electron chi connectivity index (χ1n) is 9.68. The molecular weight excluding hydrogens is 401 g/mol. The first kappa shape index (κ1) is 19.0. The molecule has 0 bridgehead atoms. The van der Waals surface area contributed by atoms with Crippen LogP contribution in [0.1, 0.15) is 21.6 Å². The van der Waals surface area contributed by atoms with Crippen LogP contribution in [0.3, 0.4) is 0 Å². The lowest BCUT2D eigenvalue weighted by Gasteiger charge is -2.13. The fraction of sp³-hybridized carbons (Fsp3) is 0.182. The van der Waals surface area contributed by atoms with E-state index in [0.29, 0.717) is 24.5 Å². The maximum atomic E-state index is 14.4. The van der Waals surface area contributed by atoms with Gasteiger partial charge in [0.15, 0.2) is 0 Å². The number of esters is 1. The van der Waals surface area contributed by atoms with Crippen molar-refractivity contribution in [3.8, 4) is 16.9 Å². The Kier molecular flexibility index (Phi) is 4.70. The van der Waals surface area contributed by atoms with Gasteiger partial charge in [0.05, 0.1) is 25.4 Å². The van der Waals surface area contributed by atoms with Crippen LogP contribution in [0, 0.1) is 5.82 Å². The van der Waals surface area contributed by atoms with E-state index in [-0.39, 0.29) is 18.1 Å². The van der Waals surface area contributed by atoms with Crippen LogP contribution in [0.2, 0.25) is 0 Å². The van der Waals surface area contributed by atoms with E-state index in [2.05, 4.69) is 25.0 Å². The zero-order chi connectivity index (χ0) is 21.4. The quantitative estimate of drug-likeness (QED) is 0.497. The number of halogens is 1. The Balaban J connectivity index is 1.45. The molecule has 1 aliphatic heterocycles. The molecule has 8 nitrogen and oxygen atoms in total. The van der Waals surface area contributed by atoms with Crippen molar-refractivity contribution in [3.63, 3.8) is 0 Å². The zero-order valence-corrected chi connectivity index (χ0v) is 16.6. The van der Waals surface area contributed by atoms with Gasteiger partial charge in [-0.1, -0.05) is 6.07 Å². The van der Waals surface area contributed by atoms with Crippen LogP contribution in [0.25, 0.3) is 16.6 Å². The number of nitrogens with zero attached hydrogens (tertiary/aromatic N) is 4. The van der Waals surface area contributed by atoms with E-state index in [1.807, 2.05) is 0 Å². The Bertz CT molecular complexity index is 1290. The second kappa shape index (κ2) is 7.67. The zero-order valence-electron chi connectivity index (χ0n) is 16.6. The number of pyridine rings is 1. The topological polar surface area (TPSA) is 90.6 Å². The molecule has 4 aromatic rings. The molecule has 156 valence electrons. The number of hydrogen-bond acceptors (Lipinski definition) is 7. The normalized spacial score (nSPS) is 12.5. The molecule has 5 rings (SSSR count). The molecule has 0 saturated heterocycles. The molecule has 0 fully saturated rings. The highest BCUT2D eigenvalue weighted by Gasteiger charge is 2.20. The summed E-state index contributed by atoms with van der Waals surface area (Å²) in [4.78, 5) is 24.5. The molecule has 0 saturated carbocycles. The summed E-state index contributed by atoms with van der Waals surface area (Å²) in [6.45, 7) is 0.834. The third-order valence-electron chi connectivity index (χ3n) is 5.29. The minimum absolute atomic E-state index is 0.225. The minimum atomic E-state index is -0.497. The number of benzene rings is 1. The first-order valence-corrected chi connectivity index (χ1v) is 9.68. The smallest absolute Gasteiger partial charge is 0.356 e. The minimum Gasteiger partial charge on any atom is -0.493 e. The van der Waals surface area contributed by atoms with Crippen molar-refractivity contribution in [2.75, 3.05) is 19.0 Å². The third kappa shape index (κ3) is 3.33. The van der Waals surface area contributed by atoms with Crippen LogP contribution in [0.4, 0.5) is 10.3 Å². The number of imidazole rings is 1. The van der Waals surface area contributed by atoms with Gasteiger partial charge in [0.1, 0.15) is 23.6 Å². The number of nitrogens with one attached hydrogen (secondary N) is 1. The molecule has 0 radical (unpaired) electrons. The number of carbonyl (C=O) groups excluding carboxylic acids is 1. The molecule has 9 heteroatoms. The molecule has 0 atom stereocenters. The van der Waals surface area contributed by atoms with Crippen molar-refractivity contribution < 1.29 is 18.7 Å². The standard InChI is InChI=1S/C22H18FN5O3/c1-30-21(29)18-4-2-13(8-25-18)15-9-26-22(28-12-24-11-19(15)28)27-10-16-14-6-7-31-20(14)5-3-17(16)23/h2-5,8-9,11-12H,6-7,10H2,1H3,(H,26,27). The lowest BCUT2D eigenvalue weighted by Crippen LogP contribution is -2.09. The van der Waals surface area contributed by atoms with E-state index in [1.165, 1.54) is 13.2 Å². The van der Waals surface area contributed by atoms with Crippen molar-refractivity contribution in [2.24, 2.45) is 0 Å². The van der Waals surface area contributed by atoms with Crippen LogP contribution in [0.5, 0.6) is 5.75 Å². The molecular formula is C22H18FN5O3. The average Bonchev–Trinajstić information content (AvgIpc) is 3.48. The van der Waals surface area contributed by atoms with Crippen molar-refractivity contribution in [3.05, 3.63) is 71.8 Å². The summed E-state index contributed by atoms with van der Waals surface area (Å²) in [6.07, 6.45) is 7.32. The Labute approximate surface area is 176 Å². The van der Waals surface area contributed by atoms with Gasteiger partial charge in [-0.3, -0.25) is 4.40 Å². The molecule has 31 heavy (non-hydrogen) atoms. The molecule has 0 aliphatic carbocycles. The number of fused-ring (bicyclic) bond motifs is 2. The number of aromatic nitrogens is 4. The van der Waals surface area contributed by atoms with Crippen molar-refractivity contribution >= 4 is 17.4 Å². The highest BCUT2D eigenvalue weighted by atomic mass is 19.1. The number of hydrogen-bond donors (Lipinski definition) is 1. The van der Waals surface area contributed by atoms with Crippen LogP contribution in [-0.2, 0) is 17.7 Å². The van der Waals surface area contributed by atoms with Gasteiger partial charge >= 0.3 is 5.97 Å². The number of rotatable bonds is 5. The van der Waals surface area contributed by atoms with Gasteiger partial charge in [-0.05, 0) is 18.2 Å². The van der Waals surface area contributed by atoms with Gasteiger partial charge < -0.3 is 14.8 Å². The lowest BCUT2D eigenvalue weighted by molar-refractivity contribution is 0.0594. The summed E-state index contributed by atoms with van der Waals surface area (Å²) in [7, 11) is 1.31. The largest absolute Gasteiger partial charge is 0.493 e. The third-order valence-corrected chi connectivity index (χ3v) is 5.29. The molecule has 4 heterocycles. The first-order chi connectivity index (χ1) is 15.2. The highest BCUT2D eigenvalue weighted by molar-refractivity contribution is 5.88. The molecule has 1 aromatic carbocycles. The maximum absolute atomic E-state index is 14.4. The predicted molar refractivity (Wildman–Crippen MR) is 110 cm³/mol. The van der Waals surface area contributed by atoms with Crippen molar-refractivity contribution in [2.45, 2.75) is 13.0 Å². The molecule has 1 N–H and O–H groups in total. The Hall–Kier alpha value is -4.01.